The second kappa shape index (κ2) is 6.70. The number of nitrogens with two attached hydrogens (primary N) is 1. The molecule has 1 rings (SSSR count). The molecule has 0 heterocycles. The van der Waals surface area contributed by atoms with Crippen LogP contribution in [-0.4, -0.2) is 18.0 Å². The Kier molecular flexibility index (Phi) is 5.56. The van der Waals surface area contributed by atoms with Gasteiger partial charge in [0.25, 0.3) is 0 Å². The fourth-order valence-electron chi connectivity index (χ4n) is 1.56. The lowest BCUT2D eigenvalue weighted by Gasteiger charge is -2.19. The lowest BCUT2D eigenvalue weighted by molar-refractivity contribution is 0.328. The minimum Gasteiger partial charge on any atom is -0.396 e. The van der Waals surface area contributed by atoms with E-state index in [1.54, 1.807) is 0 Å². The van der Waals surface area contributed by atoms with Crippen LogP contribution in [0, 0.1) is 0 Å². The average molecular weight is 271 g/mol. The van der Waals surface area contributed by atoms with E-state index in [2.05, 4.69) is 18.1 Å². The van der Waals surface area contributed by atoms with E-state index < -0.39 is 0 Å². The molecule has 1 aromatic rings. The van der Waals surface area contributed by atoms with Crippen molar-refractivity contribution in [3.63, 3.8) is 0 Å². The summed E-state index contributed by atoms with van der Waals surface area (Å²) in [6.07, 6.45) is 3.70. The third-order valence-electron chi connectivity index (χ3n) is 2.32. The van der Waals surface area contributed by atoms with Crippen molar-refractivity contribution in [3.05, 3.63) is 53.1 Å². The SMILES string of the molecule is C=CCN(CC=C)Cc1cc(Cl)c(N)c(Cl)c1. The van der Waals surface area contributed by atoms with E-state index in [4.69, 9.17) is 28.9 Å². The molecule has 0 saturated carbocycles. The first-order valence-electron chi connectivity index (χ1n) is 5.26. The van der Waals surface area contributed by atoms with E-state index >= 15 is 0 Å². The number of nitrogens with zero attached hydrogens (tertiary/aromatic N) is 1. The van der Waals surface area contributed by atoms with Crippen LogP contribution >= 0.6 is 23.2 Å². The van der Waals surface area contributed by atoms with E-state index in [0.717, 1.165) is 25.2 Å². The Labute approximate surface area is 112 Å². The van der Waals surface area contributed by atoms with Crippen molar-refractivity contribution in [3.8, 4) is 0 Å². The maximum absolute atomic E-state index is 5.99. The predicted molar refractivity (Wildman–Crippen MR) is 76.5 cm³/mol. The molecule has 0 aliphatic carbocycles. The van der Waals surface area contributed by atoms with Crippen molar-refractivity contribution in [1.29, 1.82) is 0 Å². The quantitative estimate of drug-likeness (QED) is 0.630. The molecule has 0 aliphatic rings. The first-order valence-corrected chi connectivity index (χ1v) is 6.01. The van der Waals surface area contributed by atoms with Gasteiger partial charge in [0.15, 0.2) is 0 Å². The normalized spacial score (nSPS) is 10.5. The molecule has 0 aromatic heterocycles. The molecule has 0 bridgehead atoms. The number of rotatable bonds is 6. The van der Waals surface area contributed by atoms with Gasteiger partial charge in [-0.1, -0.05) is 35.4 Å². The van der Waals surface area contributed by atoms with Gasteiger partial charge in [0.1, 0.15) is 0 Å². The highest BCUT2D eigenvalue weighted by atomic mass is 35.5. The molecule has 0 spiro atoms. The van der Waals surface area contributed by atoms with Crippen molar-refractivity contribution < 1.29 is 0 Å². The summed E-state index contributed by atoms with van der Waals surface area (Å²) in [6, 6.07) is 3.67. The van der Waals surface area contributed by atoms with Gasteiger partial charge < -0.3 is 5.73 Å². The van der Waals surface area contributed by atoms with Gasteiger partial charge in [0, 0.05) is 19.6 Å². The lowest BCUT2D eigenvalue weighted by Crippen LogP contribution is -2.23. The Balaban J connectivity index is 2.85. The summed E-state index contributed by atoms with van der Waals surface area (Å²) in [7, 11) is 0. The van der Waals surface area contributed by atoms with Gasteiger partial charge in [-0.25, -0.2) is 0 Å². The van der Waals surface area contributed by atoms with Crippen LogP contribution in [0.15, 0.2) is 37.4 Å². The van der Waals surface area contributed by atoms with Gasteiger partial charge in [0.05, 0.1) is 15.7 Å². The zero-order valence-electron chi connectivity index (χ0n) is 9.63. The number of anilines is 1. The van der Waals surface area contributed by atoms with Gasteiger partial charge in [0.2, 0.25) is 0 Å². The molecule has 1 aromatic carbocycles. The lowest BCUT2D eigenvalue weighted by atomic mass is 10.2. The molecule has 0 atom stereocenters. The minimum atomic E-state index is 0.427. The summed E-state index contributed by atoms with van der Waals surface area (Å²) >= 11 is 12.0. The maximum atomic E-state index is 5.99. The number of halogens is 2. The molecule has 0 radical (unpaired) electrons. The topological polar surface area (TPSA) is 29.3 Å². The number of hydrogen-bond acceptors (Lipinski definition) is 2. The van der Waals surface area contributed by atoms with E-state index in [-0.39, 0.29) is 0 Å². The monoisotopic (exact) mass is 270 g/mol. The molecule has 2 nitrogen and oxygen atoms in total. The van der Waals surface area contributed by atoms with Gasteiger partial charge in [-0.05, 0) is 17.7 Å². The van der Waals surface area contributed by atoms with Crippen LogP contribution in [0.25, 0.3) is 0 Å². The molecule has 0 unspecified atom stereocenters. The first kappa shape index (κ1) is 14.1. The highest BCUT2D eigenvalue weighted by Crippen LogP contribution is 2.29. The highest BCUT2D eigenvalue weighted by molar-refractivity contribution is 6.38. The molecular weight excluding hydrogens is 255 g/mol. The van der Waals surface area contributed by atoms with Gasteiger partial charge >= 0.3 is 0 Å². The van der Waals surface area contributed by atoms with Crippen LogP contribution in [0.1, 0.15) is 5.56 Å². The fraction of sp³-hybridized carbons (Fsp3) is 0.231. The van der Waals surface area contributed by atoms with Crippen molar-refractivity contribution in [2.24, 2.45) is 0 Å². The van der Waals surface area contributed by atoms with Crippen LogP contribution in [0.3, 0.4) is 0 Å². The number of hydrogen-bond donors (Lipinski definition) is 1. The van der Waals surface area contributed by atoms with Crippen LogP contribution in [0.4, 0.5) is 5.69 Å². The maximum Gasteiger partial charge on any atom is 0.0693 e. The van der Waals surface area contributed by atoms with E-state index in [1.807, 2.05) is 24.3 Å². The smallest absolute Gasteiger partial charge is 0.0693 e. The van der Waals surface area contributed by atoms with Gasteiger partial charge in [-0.3, -0.25) is 4.90 Å². The van der Waals surface area contributed by atoms with E-state index in [9.17, 15) is 0 Å². The second-order valence-electron chi connectivity index (χ2n) is 3.74. The van der Waals surface area contributed by atoms with Crippen molar-refractivity contribution >= 4 is 28.9 Å². The summed E-state index contributed by atoms with van der Waals surface area (Å²) in [5.74, 6) is 0. The van der Waals surface area contributed by atoms with Crippen LogP contribution < -0.4 is 5.73 Å². The number of nitrogen functional groups attached to an aromatic ring is 1. The van der Waals surface area contributed by atoms with Crippen LogP contribution in [-0.2, 0) is 6.54 Å². The number of benzene rings is 1. The Morgan fingerprint density at radius 1 is 1.12 bits per heavy atom. The third kappa shape index (κ3) is 4.08. The zero-order valence-corrected chi connectivity index (χ0v) is 11.1. The molecule has 92 valence electrons. The highest BCUT2D eigenvalue weighted by Gasteiger charge is 2.07. The second-order valence-corrected chi connectivity index (χ2v) is 4.56. The van der Waals surface area contributed by atoms with Crippen LogP contribution in [0.5, 0.6) is 0 Å². The van der Waals surface area contributed by atoms with Crippen molar-refractivity contribution in [1.82, 2.24) is 4.90 Å². The van der Waals surface area contributed by atoms with Crippen molar-refractivity contribution in [2.45, 2.75) is 6.54 Å². The fourth-order valence-corrected chi connectivity index (χ4v) is 2.09. The molecule has 0 aliphatic heterocycles. The first-order chi connectivity index (χ1) is 8.08. The average Bonchev–Trinajstić information content (AvgIpc) is 2.26. The van der Waals surface area contributed by atoms with Gasteiger partial charge in [-0.2, -0.15) is 0 Å². The Hall–Kier alpha value is -0.960. The Bertz CT molecular complexity index is 383. The van der Waals surface area contributed by atoms with E-state index in [1.165, 1.54) is 0 Å². The Morgan fingerprint density at radius 2 is 1.59 bits per heavy atom. The summed E-state index contributed by atoms with van der Waals surface area (Å²) in [6.45, 7) is 9.75. The van der Waals surface area contributed by atoms with E-state index in [0.29, 0.717) is 15.7 Å². The van der Waals surface area contributed by atoms with Crippen LogP contribution in [0.2, 0.25) is 10.0 Å². The molecule has 0 amide bonds. The summed E-state index contributed by atoms with van der Waals surface area (Å²) in [5.41, 5.74) is 7.14. The predicted octanol–water partition coefficient (Wildman–Crippen LogP) is 3.75. The van der Waals surface area contributed by atoms with Crippen molar-refractivity contribution in [2.75, 3.05) is 18.8 Å². The summed E-state index contributed by atoms with van der Waals surface area (Å²) in [4.78, 5) is 2.16. The molecule has 0 fully saturated rings. The molecule has 4 heteroatoms. The minimum absolute atomic E-state index is 0.427. The summed E-state index contributed by atoms with van der Waals surface area (Å²) < 4.78 is 0. The molecule has 0 saturated heterocycles. The Morgan fingerprint density at radius 3 is 2.00 bits per heavy atom. The molecule has 2 N–H and O–H groups in total. The largest absolute Gasteiger partial charge is 0.396 e. The molecule has 17 heavy (non-hydrogen) atoms. The summed E-state index contributed by atoms with van der Waals surface area (Å²) in [5, 5.41) is 0.981. The molecular formula is C13H16Cl2N2. The third-order valence-corrected chi connectivity index (χ3v) is 2.95. The van der Waals surface area contributed by atoms with Gasteiger partial charge in [-0.15, -0.1) is 13.2 Å². The zero-order chi connectivity index (χ0) is 12.8. The standard InChI is InChI=1S/C13H16Cl2N2/c1-3-5-17(6-4-2)9-10-7-11(14)13(16)12(15)8-10/h3-4,7-8H,1-2,5-6,9,16H2.